The first kappa shape index (κ1) is 16.1. The lowest BCUT2D eigenvalue weighted by atomic mass is 9.98. The smallest absolute Gasteiger partial charge is 0.416 e. The van der Waals surface area contributed by atoms with Crippen molar-refractivity contribution < 1.29 is 17.9 Å². The fourth-order valence-electron chi connectivity index (χ4n) is 2.51. The maximum absolute atomic E-state index is 12.7. The van der Waals surface area contributed by atoms with Gasteiger partial charge in [-0.2, -0.15) is 13.2 Å². The molecule has 0 heterocycles. The third kappa shape index (κ3) is 3.43. The zero-order valence-electron chi connectivity index (χ0n) is 13.0. The summed E-state index contributed by atoms with van der Waals surface area (Å²) in [5, 5.41) is 0. The van der Waals surface area contributed by atoms with Crippen LogP contribution in [0.4, 0.5) is 13.2 Å². The lowest BCUT2D eigenvalue weighted by Crippen LogP contribution is -2.03. The average molecular weight is 328 g/mol. The van der Waals surface area contributed by atoms with Crippen LogP contribution >= 0.6 is 0 Å². The van der Waals surface area contributed by atoms with E-state index in [1.54, 1.807) is 7.11 Å². The minimum atomic E-state index is -4.32. The summed E-state index contributed by atoms with van der Waals surface area (Å²) in [7, 11) is 1.61. The molecule has 0 bridgehead atoms. The number of methoxy groups -OCH3 is 1. The van der Waals surface area contributed by atoms with Gasteiger partial charge in [0.2, 0.25) is 0 Å². The first-order chi connectivity index (χ1) is 11.5. The second kappa shape index (κ2) is 6.40. The van der Waals surface area contributed by atoms with Crippen molar-refractivity contribution in [1.29, 1.82) is 0 Å². The molecule has 0 saturated carbocycles. The van der Waals surface area contributed by atoms with E-state index in [1.807, 2.05) is 48.5 Å². The summed E-state index contributed by atoms with van der Waals surface area (Å²) < 4.78 is 43.1. The van der Waals surface area contributed by atoms with Crippen LogP contribution in [0.25, 0.3) is 22.3 Å². The summed E-state index contributed by atoms with van der Waals surface area (Å²) in [6.45, 7) is 0. The lowest BCUT2D eigenvalue weighted by molar-refractivity contribution is -0.137. The minimum absolute atomic E-state index is 0.641. The highest BCUT2D eigenvalue weighted by molar-refractivity contribution is 5.73. The Kier molecular flexibility index (Phi) is 4.30. The van der Waals surface area contributed by atoms with Crippen molar-refractivity contribution in [1.82, 2.24) is 0 Å². The molecular formula is C20H15F3O. The second-order valence-electron chi connectivity index (χ2n) is 5.38. The van der Waals surface area contributed by atoms with Gasteiger partial charge in [0.1, 0.15) is 5.75 Å². The van der Waals surface area contributed by atoms with Crippen LogP contribution in [0.15, 0.2) is 72.8 Å². The van der Waals surface area contributed by atoms with E-state index in [1.165, 1.54) is 12.1 Å². The fourth-order valence-corrected chi connectivity index (χ4v) is 2.51. The Balaban J connectivity index is 1.92. The Morgan fingerprint density at radius 2 is 1.17 bits per heavy atom. The molecule has 0 aliphatic heterocycles. The molecule has 1 nitrogen and oxygen atoms in total. The van der Waals surface area contributed by atoms with Crippen LogP contribution in [-0.2, 0) is 6.18 Å². The molecule has 24 heavy (non-hydrogen) atoms. The Hall–Kier alpha value is -2.75. The molecule has 0 spiro atoms. The molecular weight excluding hydrogens is 313 g/mol. The van der Waals surface area contributed by atoms with Gasteiger partial charge in [-0.15, -0.1) is 0 Å². The maximum atomic E-state index is 12.7. The summed E-state index contributed by atoms with van der Waals surface area (Å²) in [5.41, 5.74) is 2.99. The summed E-state index contributed by atoms with van der Waals surface area (Å²) in [5.74, 6) is 0.776. The monoisotopic (exact) mass is 328 g/mol. The SMILES string of the molecule is COc1ccc(-c2cccc(-c3ccc(C(F)(F)F)cc3)c2)cc1. The number of rotatable bonds is 3. The summed E-state index contributed by atoms with van der Waals surface area (Å²) in [6, 6.07) is 20.6. The van der Waals surface area contributed by atoms with Gasteiger partial charge in [0.25, 0.3) is 0 Å². The Morgan fingerprint density at radius 1 is 0.667 bits per heavy atom. The zero-order valence-corrected chi connectivity index (χ0v) is 13.0. The summed E-state index contributed by atoms with van der Waals surface area (Å²) >= 11 is 0. The molecule has 0 fully saturated rings. The molecule has 0 aliphatic carbocycles. The fraction of sp³-hybridized carbons (Fsp3) is 0.100. The number of ether oxygens (including phenoxy) is 1. The van der Waals surface area contributed by atoms with Crippen molar-refractivity contribution in [3.63, 3.8) is 0 Å². The quantitative estimate of drug-likeness (QED) is 0.569. The molecule has 0 unspecified atom stereocenters. The van der Waals surface area contributed by atoms with Gasteiger partial charge < -0.3 is 4.74 Å². The third-order valence-electron chi connectivity index (χ3n) is 3.83. The third-order valence-corrected chi connectivity index (χ3v) is 3.83. The molecule has 0 atom stereocenters. The Bertz CT molecular complexity index is 819. The van der Waals surface area contributed by atoms with Crippen molar-refractivity contribution in [2.45, 2.75) is 6.18 Å². The zero-order chi connectivity index (χ0) is 17.2. The molecule has 122 valence electrons. The molecule has 3 aromatic rings. The number of benzene rings is 3. The molecule has 0 radical (unpaired) electrons. The van der Waals surface area contributed by atoms with Gasteiger partial charge in [0.15, 0.2) is 0 Å². The summed E-state index contributed by atoms with van der Waals surface area (Å²) in [6.07, 6.45) is -4.32. The predicted molar refractivity (Wildman–Crippen MR) is 88.9 cm³/mol. The highest BCUT2D eigenvalue weighted by Crippen LogP contribution is 2.32. The minimum Gasteiger partial charge on any atom is -0.497 e. The van der Waals surface area contributed by atoms with Gasteiger partial charge in [-0.05, 0) is 52.6 Å². The van der Waals surface area contributed by atoms with Crippen molar-refractivity contribution in [2.75, 3.05) is 7.11 Å². The van der Waals surface area contributed by atoms with Gasteiger partial charge in [-0.1, -0.05) is 42.5 Å². The first-order valence-electron chi connectivity index (χ1n) is 7.39. The van der Waals surface area contributed by atoms with Crippen LogP contribution in [0, 0.1) is 0 Å². The van der Waals surface area contributed by atoms with Crippen molar-refractivity contribution in [2.24, 2.45) is 0 Å². The van der Waals surface area contributed by atoms with E-state index in [2.05, 4.69) is 0 Å². The molecule has 0 N–H and O–H groups in total. The van der Waals surface area contributed by atoms with E-state index < -0.39 is 11.7 Å². The summed E-state index contributed by atoms with van der Waals surface area (Å²) in [4.78, 5) is 0. The lowest BCUT2D eigenvalue weighted by Gasteiger charge is -2.09. The average Bonchev–Trinajstić information content (AvgIpc) is 2.61. The normalized spacial score (nSPS) is 11.3. The topological polar surface area (TPSA) is 9.23 Å². The van der Waals surface area contributed by atoms with E-state index in [4.69, 9.17) is 4.74 Å². The van der Waals surface area contributed by atoms with E-state index in [9.17, 15) is 13.2 Å². The van der Waals surface area contributed by atoms with E-state index >= 15 is 0 Å². The molecule has 3 rings (SSSR count). The highest BCUT2D eigenvalue weighted by Gasteiger charge is 2.29. The standard InChI is InChI=1S/C20H15F3O/c1-24-19-11-7-15(8-12-19)17-4-2-3-16(13-17)14-5-9-18(10-6-14)20(21,22)23/h2-13H,1H3. The van der Waals surface area contributed by atoms with E-state index in [0.29, 0.717) is 0 Å². The predicted octanol–water partition coefficient (Wildman–Crippen LogP) is 6.05. The molecule has 4 heteroatoms. The van der Waals surface area contributed by atoms with Crippen LogP contribution in [0.1, 0.15) is 5.56 Å². The molecule has 0 aliphatic rings. The Labute approximate surface area is 138 Å². The first-order valence-corrected chi connectivity index (χ1v) is 7.39. The van der Waals surface area contributed by atoms with Crippen LogP contribution in [0.5, 0.6) is 5.75 Å². The van der Waals surface area contributed by atoms with Gasteiger partial charge in [0.05, 0.1) is 12.7 Å². The molecule has 0 amide bonds. The highest BCUT2D eigenvalue weighted by atomic mass is 19.4. The second-order valence-corrected chi connectivity index (χ2v) is 5.38. The van der Waals surface area contributed by atoms with E-state index in [-0.39, 0.29) is 0 Å². The Morgan fingerprint density at radius 3 is 1.62 bits per heavy atom. The van der Waals surface area contributed by atoms with Crippen LogP contribution in [0.2, 0.25) is 0 Å². The number of hydrogen-bond acceptors (Lipinski definition) is 1. The van der Waals surface area contributed by atoms with Crippen LogP contribution in [0.3, 0.4) is 0 Å². The van der Waals surface area contributed by atoms with Crippen molar-refractivity contribution >= 4 is 0 Å². The largest absolute Gasteiger partial charge is 0.497 e. The van der Waals surface area contributed by atoms with Crippen molar-refractivity contribution in [3.05, 3.63) is 78.4 Å². The molecule has 3 aromatic carbocycles. The van der Waals surface area contributed by atoms with Gasteiger partial charge in [-0.3, -0.25) is 0 Å². The molecule has 0 aromatic heterocycles. The van der Waals surface area contributed by atoms with Crippen LogP contribution in [-0.4, -0.2) is 7.11 Å². The van der Waals surface area contributed by atoms with Crippen molar-refractivity contribution in [3.8, 4) is 28.0 Å². The van der Waals surface area contributed by atoms with Gasteiger partial charge in [-0.25, -0.2) is 0 Å². The van der Waals surface area contributed by atoms with Gasteiger partial charge in [0, 0.05) is 0 Å². The number of alkyl halides is 3. The van der Waals surface area contributed by atoms with Gasteiger partial charge >= 0.3 is 6.18 Å². The maximum Gasteiger partial charge on any atom is 0.416 e. The molecule has 0 saturated heterocycles. The number of hydrogen-bond donors (Lipinski definition) is 0. The van der Waals surface area contributed by atoms with E-state index in [0.717, 1.165) is 40.1 Å². The van der Waals surface area contributed by atoms with Crippen LogP contribution < -0.4 is 4.74 Å². The number of halogens is 3.